The Bertz CT molecular complexity index is 71.5. The van der Waals surface area contributed by atoms with Gasteiger partial charge in [0.2, 0.25) is 0 Å². The molecule has 1 unspecified atom stereocenters. The van der Waals surface area contributed by atoms with Crippen LogP contribution in [0.4, 0.5) is 3.89 Å². The summed E-state index contributed by atoms with van der Waals surface area (Å²) in [6.07, 6.45) is 0. The predicted octanol–water partition coefficient (Wildman–Crippen LogP) is 2.22. The van der Waals surface area contributed by atoms with Crippen LogP contribution >= 0.6 is 18.1 Å². The summed E-state index contributed by atoms with van der Waals surface area (Å²) in [5.41, 5.74) is 0. The second-order valence-corrected chi connectivity index (χ2v) is 3.26. The second-order valence-electron chi connectivity index (χ2n) is 0.653. The topological polar surface area (TPSA) is 0 Å². The van der Waals surface area contributed by atoms with Crippen LogP contribution in [0.15, 0.2) is 0 Å². The number of thiol groups is 1. The van der Waals surface area contributed by atoms with Gasteiger partial charge in [0.25, 0.3) is 0 Å². The van der Waals surface area contributed by atoms with E-state index in [1.807, 2.05) is 0 Å². The molecule has 0 heterocycles. The zero-order chi connectivity index (χ0) is 4.28. The minimum absolute atomic E-state index is 0.568. The molecule has 0 aliphatic rings. The summed E-state index contributed by atoms with van der Waals surface area (Å²) in [4.78, 5) is 0. The number of hydrogen-bond donors (Lipinski definition) is 1. The molecule has 0 aromatic rings. The molecule has 0 rings (SSSR count). The standard InChI is InChI=1S/C2H6FPS/c1-2-5(3)4/h5H,2H2,1H3. The molecule has 0 aliphatic carbocycles. The van der Waals surface area contributed by atoms with Crippen LogP contribution in [0.25, 0.3) is 0 Å². The average molecular weight is 112 g/mol. The van der Waals surface area contributed by atoms with Gasteiger partial charge in [0.05, 0.1) is 0 Å². The fraction of sp³-hybridized carbons (Fsp3) is 1.00. The molecule has 0 nitrogen and oxygen atoms in total. The average Bonchev–Trinajstić information content (AvgIpc) is 1.38. The number of rotatable bonds is 0. The molecule has 0 amide bonds. The zero-order valence-corrected chi connectivity index (χ0v) is 4.77. The van der Waals surface area contributed by atoms with E-state index in [9.17, 15) is 3.89 Å². The zero-order valence-electron chi connectivity index (χ0n) is 2.98. The maximum absolute atomic E-state index is 11.4. The van der Waals surface area contributed by atoms with Gasteiger partial charge in [-0.2, -0.15) is 0 Å². The van der Waals surface area contributed by atoms with Crippen molar-refractivity contribution in [3.63, 3.8) is 0 Å². The Balaban J connectivity index is 2.97. The van der Waals surface area contributed by atoms with Gasteiger partial charge in [-0.15, -0.1) is 0 Å². The van der Waals surface area contributed by atoms with E-state index in [1.54, 1.807) is 6.92 Å². The molecule has 3 heteroatoms. The first-order valence-electron chi connectivity index (χ1n) is 1.39. The quantitative estimate of drug-likeness (QED) is 0.360. The molecule has 0 radical (unpaired) electrons. The van der Waals surface area contributed by atoms with Gasteiger partial charge in [-0.3, -0.25) is 0 Å². The van der Waals surface area contributed by atoms with E-state index in [2.05, 4.69) is 7.81 Å². The Morgan fingerprint density at radius 2 is 2.20 bits per heavy atom. The molecule has 1 atom stereocenters. The summed E-state index contributed by atoms with van der Waals surface area (Å²) in [6, 6.07) is 0. The molecule has 0 aliphatic heterocycles. The summed E-state index contributed by atoms with van der Waals surface area (Å²) in [6.45, 7) is 1.78. The predicted molar refractivity (Wildman–Crippen MR) is 27.6 cm³/mol. The number of hydrogen-bond acceptors (Lipinski definition) is 0. The van der Waals surface area contributed by atoms with Crippen LogP contribution in [0.3, 0.4) is 0 Å². The molecule has 0 saturated carbocycles. The minimum atomic E-state index is -1.40. The van der Waals surface area contributed by atoms with Crippen LogP contribution in [0.5, 0.6) is 0 Å². The maximum atomic E-state index is 11.4. The van der Waals surface area contributed by atoms with Gasteiger partial charge in [-0.05, 0) is 0 Å². The first kappa shape index (κ1) is 5.71. The summed E-state index contributed by atoms with van der Waals surface area (Å²) < 4.78 is 11.4. The van der Waals surface area contributed by atoms with Gasteiger partial charge in [-0.25, -0.2) is 0 Å². The van der Waals surface area contributed by atoms with E-state index in [0.29, 0.717) is 5.75 Å². The van der Waals surface area contributed by atoms with E-state index in [-0.39, 0.29) is 0 Å². The van der Waals surface area contributed by atoms with Crippen molar-refractivity contribution < 1.29 is 3.89 Å². The van der Waals surface area contributed by atoms with Crippen LogP contribution in [-0.4, -0.2) is 5.75 Å². The van der Waals surface area contributed by atoms with Crippen molar-refractivity contribution in [1.29, 1.82) is 0 Å². The van der Waals surface area contributed by atoms with Crippen molar-refractivity contribution in [2.45, 2.75) is 6.92 Å². The molecule has 5 heavy (non-hydrogen) atoms. The number of halogens is 1. The van der Waals surface area contributed by atoms with E-state index in [4.69, 9.17) is 0 Å². The van der Waals surface area contributed by atoms with E-state index in [0.717, 1.165) is 0 Å². The van der Waals surface area contributed by atoms with Crippen LogP contribution < -0.4 is 0 Å². The van der Waals surface area contributed by atoms with Gasteiger partial charge in [0, 0.05) is 0 Å². The van der Waals surface area contributed by atoms with Gasteiger partial charge in [0.15, 0.2) is 0 Å². The van der Waals surface area contributed by atoms with Gasteiger partial charge in [-0.1, -0.05) is 0 Å². The third-order valence-electron chi connectivity index (χ3n) is 0.261. The SMILES string of the molecule is CC[SH](F)#P. The third-order valence-corrected chi connectivity index (χ3v) is 1.63. The van der Waals surface area contributed by atoms with E-state index in [1.165, 1.54) is 0 Å². The fourth-order valence-electron chi connectivity index (χ4n) is 0. The Labute approximate surface area is 35.5 Å². The van der Waals surface area contributed by atoms with Crippen molar-refractivity contribution in [3.05, 3.63) is 0 Å². The molecular formula is C2H6FPS. The molecule has 0 aromatic heterocycles. The summed E-state index contributed by atoms with van der Waals surface area (Å²) >= 11 is 0. The molecule has 32 valence electrons. The molecule has 0 aromatic carbocycles. The first-order chi connectivity index (χ1) is 2.27. The molecule has 0 N–H and O–H groups in total. The molecule has 0 bridgehead atoms. The van der Waals surface area contributed by atoms with Crippen molar-refractivity contribution >= 4 is 18.1 Å². The molecule has 0 spiro atoms. The van der Waals surface area contributed by atoms with E-state index >= 15 is 0 Å². The van der Waals surface area contributed by atoms with Crippen molar-refractivity contribution in [1.82, 2.24) is 0 Å². The Kier molecular flexibility index (Phi) is 3.34. The summed E-state index contributed by atoms with van der Waals surface area (Å²) in [7, 11) is 2.09. The summed E-state index contributed by atoms with van der Waals surface area (Å²) in [5.74, 6) is 0.568. The second kappa shape index (κ2) is 2.92. The monoisotopic (exact) mass is 112 g/mol. The third kappa shape index (κ3) is 4.71. The fourth-order valence-corrected chi connectivity index (χ4v) is 0. The van der Waals surface area contributed by atoms with Crippen molar-refractivity contribution in [3.8, 4) is 0 Å². The van der Waals surface area contributed by atoms with Crippen LogP contribution in [0, 0.1) is 0 Å². The van der Waals surface area contributed by atoms with Crippen molar-refractivity contribution in [2.75, 3.05) is 5.75 Å². The van der Waals surface area contributed by atoms with Gasteiger partial charge >= 0.3 is 34.6 Å². The molecule has 0 saturated heterocycles. The Morgan fingerprint density at radius 3 is 2.20 bits per heavy atom. The summed E-state index contributed by atoms with van der Waals surface area (Å²) in [5, 5.41) is 0. The molecule has 0 fully saturated rings. The van der Waals surface area contributed by atoms with Crippen LogP contribution in [0.1, 0.15) is 6.92 Å². The normalized spacial score (nSPS) is 14.6. The van der Waals surface area contributed by atoms with Crippen molar-refractivity contribution in [2.24, 2.45) is 0 Å². The van der Waals surface area contributed by atoms with Gasteiger partial charge in [0.1, 0.15) is 0 Å². The molecular weight excluding hydrogens is 106 g/mol. The first-order valence-corrected chi connectivity index (χ1v) is 3.96. The van der Waals surface area contributed by atoms with Crippen LogP contribution in [0.2, 0.25) is 0 Å². The van der Waals surface area contributed by atoms with Crippen LogP contribution in [-0.2, 0) is 0 Å². The van der Waals surface area contributed by atoms with E-state index < -0.39 is 10.3 Å². The Morgan fingerprint density at radius 1 is 2.00 bits per heavy atom. The Hall–Kier alpha value is 0.710. The van der Waals surface area contributed by atoms with Gasteiger partial charge < -0.3 is 0 Å².